The molecule has 0 spiro atoms. The summed E-state index contributed by atoms with van der Waals surface area (Å²) in [5.74, 6) is 2.57. The molecular formula is C18H27N3O2. The number of hydrogen-bond donors (Lipinski definition) is 2. The van der Waals surface area contributed by atoms with E-state index in [4.69, 9.17) is 9.73 Å². The Morgan fingerprint density at radius 1 is 1.35 bits per heavy atom. The topological polar surface area (TPSA) is 57.1 Å². The number of hydrogen-bond acceptors (Lipinski definition) is 3. The molecule has 5 heteroatoms. The first-order chi connectivity index (χ1) is 11.3. The summed E-state index contributed by atoms with van der Waals surface area (Å²) in [6.07, 6.45) is 3.16. The summed E-state index contributed by atoms with van der Waals surface area (Å²) in [4.78, 5) is 6.87. The van der Waals surface area contributed by atoms with Gasteiger partial charge in [0.05, 0.1) is 19.3 Å². The Hall–Kier alpha value is -1.75. The Morgan fingerprint density at radius 3 is 2.87 bits per heavy atom. The number of aliphatic hydroxyl groups excluding tert-OH is 1. The van der Waals surface area contributed by atoms with E-state index in [9.17, 15) is 5.11 Å². The highest BCUT2D eigenvalue weighted by Gasteiger charge is 2.23. The van der Waals surface area contributed by atoms with Crippen LogP contribution in [0.5, 0.6) is 5.75 Å². The van der Waals surface area contributed by atoms with Crippen LogP contribution >= 0.6 is 0 Å². The van der Waals surface area contributed by atoms with Crippen molar-refractivity contribution in [2.45, 2.75) is 38.8 Å². The molecule has 1 aromatic rings. The molecule has 2 fully saturated rings. The van der Waals surface area contributed by atoms with Gasteiger partial charge in [0.2, 0.25) is 0 Å². The molecular weight excluding hydrogens is 290 g/mol. The lowest BCUT2D eigenvalue weighted by Crippen LogP contribution is -2.40. The van der Waals surface area contributed by atoms with Crippen LogP contribution < -0.4 is 10.1 Å². The molecule has 126 valence electrons. The quantitative estimate of drug-likeness (QED) is 0.622. The third-order valence-corrected chi connectivity index (χ3v) is 4.34. The molecule has 0 unspecified atom stereocenters. The van der Waals surface area contributed by atoms with Gasteiger partial charge in [-0.3, -0.25) is 0 Å². The van der Waals surface area contributed by atoms with E-state index in [1.807, 2.05) is 18.2 Å². The molecule has 5 nitrogen and oxygen atoms in total. The zero-order valence-electron chi connectivity index (χ0n) is 13.9. The fourth-order valence-electron chi connectivity index (χ4n) is 2.79. The molecule has 1 aromatic carbocycles. The second-order valence-corrected chi connectivity index (χ2v) is 6.42. The maximum absolute atomic E-state index is 9.73. The summed E-state index contributed by atoms with van der Waals surface area (Å²) in [6, 6.07) is 8.15. The standard InChI is InChI=1S/C18H27N3O2/c1-2-19-18(21-10-9-16(22)12-21)20-11-15-5-3-4-6-17(15)23-13-14-7-8-14/h3-6,14,16,22H,2,7-13H2,1H3,(H,19,20)/t16-/m1/s1. The highest BCUT2D eigenvalue weighted by Crippen LogP contribution is 2.30. The predicted molar refractivity (Wildman–Crippen MR) is 91.7 cm³/mol. The van der Waals surface area contributed by atoms with Gasteiger partial charge in [0.1, 0.15) is 5.75 Å². The van der Waals surface area contributed by atoms with E-state index in [2.05, 4.69) is 23.2 Å². The second-order valence-electron chi connectivity index (χ2n) is 6.42. The van der Waals surface area contributed by atoms with Gasteiger partial charge in [0.15, 0.2) is 5.96 Å². The number of rotatable bonds is 6. The number of nitrogens with one attached hydrogen (secondary N) is 1. The van der Waals surface area contributed by atoms with E-state index in [1.54, 1.807) is 0 Å². The maximum atomic E-state index is 9.73. The Labute approximate surface area is 138 Å². The number of aliphatic hydroxyl groups is 1. The highest BCUT2D eigenvalue weighted by molar-refractivity contribution is 5.80. The van der Waals surface area contributed by atoms with Crippen molar-refractivity contribution in [3.63, 3.8) is 0 Å². The SMILES string of the molecule is CCNC(=NCc1ccccc1OCC1CC1)N1CC[C@@H](O)C1. The summed E-state index contributed by atoms with van der Waals surface area (Å²) in [6.45, 7) is 5.81. The fraction of sp³-hybridized carbons (Fsp3) is 0.611. The van der Waals surface area contributed by atoms with Gasteiger partial charge in [0, 0.05) is 25.2 Å². The van der Waals surface area contributed by atoms with E-state index in [1.165, 1.54) is 12.8 Å². The van der Waals surface area contributed by atoms with Crippen molar-refractivity contribution in [1.29, 1.82) is 0 Å². The van der Waals surface area contributed by atoms with Crippen LogP contribution in [0.2, 0.25) is 0 Å². The number of ether oxygens (including phenoxy) is 1. The minimum atomic E-state index is -0.243. The number of guanidine groups is 1. The van der Waals surface area contributed by atoms with Crippen LogP contribution in [0.15, 0.2) is 29.3 Å². The summed E-state index contributed by atoms with van der Waals surface area (Å²) in [7, 11) is 0. The van der Waals surface area contributed by atoms with Crippen molar-refractivity contribution in [3.05, 3.63) is 29.8 Å². The first-order valence-electron chi connectivity index (χ1n) is 8.68. The van der Waals surface area contributed by atoms with Gasteiger partial charge < -0.3 is 20.1 Å². The van der Waals surface area contributed by atoms with Crippen LogP contribution in [0.4, 0.5) is 0 Å². The van der Waals surface area contributed by atoms with Crippen LogP contribution in [0.1, 0.15) is 31.7 Å². The Kier molecular flexibility index (Phi) is 5.39. The number of likely N-dealkylation sites (tertiary alicyclic amines) is 1. The van der Waals surface area contributed by atoms with Crippen molar-refractivity contribution in [2.24, 2.45) is 10.9 Å². The summed E-state index contributed by atoms with van der Waals surface area (Å²) in [5, 5.41) is 13.0. The molecule has 2 N–H and O–H groups in total. The van der Waals surface area contributed by atoms with E-state index >= 15 is 0 Å². The molecule has 0 bridgehead atoms. The number of benzene rings is 1. The highest BCUT2D eigenvalue weighted by atomic mass is 16.5. The Balaban J connectivity index is 1.66. The van der Waals surface area contributed by atoms with Crippen molar-refractivity contribution >= 4 is 5.96 Å². The lowest BCUT2D eigenvalue weighted by Gasteiger charge is -2.21. The molecule has 1 aliphatic carbocycles. The van der Waals surface area contributed by atoms with Crippen molar-refractivity contribution in [3.8, 4) is 5.75 Å². The Morgan fingerprint density at radius 2 is 2.17 bits per heavy atom. The van der Waals surface area contributed by atoms with E-state index in [0.717, 1.165) is 49.3 Å². The van der Waals surface area contributed by atoms with Crippen molar-refractivity contribution in [1.82, 2.24) is 10.2 Å². The number of aliphatic imine (C=N–C) groups is 1. The lowest BCUT2D eigenvalue weighted by molar-refractivity contribution is 0.188. The monoisotopic (exact) mass is 317 g/mol. The van der Waals surface area contributed by atoms with Gasteiger partial charge >= 0.3 is 0 Å². The third kappa shape index (κ3) is 4.61. The van der Waals surface area contributed by atoms with Crippen molar-refractivity contribution < 1.29 is 9.84 Å². The first kappa shape index (κ1) is 16.1. The van der Waals surface area contributed by atoms with Gasteiger partial charge in [-0.25, -0.2) is 4.99 Å². The molecule has 3 rings (SSSR count). The van der Waals surface area contributed by atoms with Crippen LogP contribution in [-0.4, -0.2) is 48.3 Å². The normalized spacial score (nSPS) is 21.6. The van der Waals surface area contributed by atoms with Gasteiger partial charge in [-0.15, -0.1) is 0 Å². The zero-order chi connectivity index (χ0) is 16.1. The summed E-state index contributed by atoms with van der Waals surface area (Å²) >= 11 is 0. The molecule has 1 aliphatic heterocycles. The number of β-amino-alcohol motifs (C(OH)–C–C–N with tert-alkyl or cyclic N) is 1. The van der Waals surface area contributed by atoms with E-state index in [0.29, 0.717) is 13.1 Å². The van der Waals surface area contributed by atoms with Crippen LogP contribution in [-0.2, 0) is 6.54 Å². The van der Waals surface area contributed by atoms with Crippen LogP contribution in [0.25, 0.3) is 0 Å². The molecule has 0 radical (unpaired) electrons. The average molecular weight is 317 g/mol. The van der Waals surface area contributed by atoms with Gasteiger partial charge in [-0.2, -0.15) is 0 Å². The fourth-order valence-corrected chi connectivity index (χ4v) is 2.79. The lowest BCUT2D eigenvalue weighted by atomic mass is 10.2. The predicted octanol–water partition coefficient (Wildman–Crippen LogP) is 2.01. The Bertz CT molecular complexity index is 543. The molecule has 1 heterocycles. The summed E-state index contributed by atoms with van der Waals surface area (Å²) < 4.78 is 5.95. The first-order valence-corrected chi connectivity index (χ1v) is 8.68. The van der Waals surface area contributed by atoms with E-state index < -0.39 is 0 Å². The minimum absolute atomic E-state index is 0.243. The van der Waals surface area contributed by atoms with Crippen LogP contribution in [0, 0.1) is 5.92 Å². The van der Waals surface area contributed by atoms with Crippen molar-refractivity contribution in [2.75, 3.05) is 26.2 Å². The largest absolute Gasteiger partial charge is 0.493 e. The molecule has 1 atom stereocenters. The molecule has 23 heavy (non-hydrogen) atoms. The number of nitrogens with zero attached hydrogens (tertiary/aromatic N) is 2. The van der Waals surface area contributed by atoms with E-state index in [-0.39, 0.29) is 6.10 Å². The number of para-hydroxylation sites is 1. The van der Waals surface area contributed by atoms with Gasteiger partial charge in [0.25, 0.3) is 0 Å². The second kappa shape index (κ2) is 7.68. The minimum Gasteiger partial charge on any atom is -0.493 e. The van der Waals surface area contributed by atoms with Crippen LogP contribution in [0.3, 0.4) is 0 Å². The van der Waals surface area contributed by atoms with Gasteiger partial charge in [-0.1, -0.05) is 18.2 Å². The third-order valence-electron chi connectivity index (χ3n) is 4.34. The maximum Gasteiger partial charge on any atom is 0.194 e. The van der Waals surface area contributed by atoms with Gasteiger partial charge in [-0.05, 0) is 38.2 Å². The smallest absolute Gasteiger partial charge is 0.194 e. The molecule has 1 saturated carbocycles. The zero-order valence-corrected chi connectivity index (χ0v) is 13.9. The molecule has 0 aromatic heterocycles. The summed E-state index contributed by atoms with van der Waals surface area (Å²) in [5.41, 5.74) is 1.11. The molecule has 2 aliphatic rings. The molecule has 0 amide bonds. The average Bonchev–Trinajstić information content (AvgIpc) is 3.30. The molecule has 1 saturated heterocycles.